The van der Waals surface area contributed by atoms with Crippen molar-refractivity contribution in [3.05, 3.63) is 18.0 Å². The number of aromatic nitrogens is 2. The molecular weight excluding hydrogens is 174 g/mol. The van der Waals surface area contributed by atoms with Crippen LogP contribution in [-0.4, -0.2) is 27.2 Å². The van der Waals surface area contributed by atoms with Gasteiger partial charge in [0.05, 0.1) is 12.2 Å². The minimum atomic E-state index is -1.14. The van der Waals surface area contributed by atoms with E-state index in [1.807, 2.05) is 0 Å². The summed E-state index contributed by atoms with van der Waals surface area (Å²) in [5.41, 5.74) is 0.735. The predicted octanol–water partition coefficient (Wildman–Crippen LogP) is -0.499. The second-order valence-corrected chi connectivity index (χ2v) is 2.43. The largest absolute Gasteiger partial charge is 0.481 e. The smallest absolute Gasteiger partial charge is 0.312 e. The van der Waals surface area contributed by atoms with Crippen LogP contribution in [0, 0.1) is 0 Å². The first kappa shape index (κ1) is 9.24. The monoisotopic (exact) mass is 183 g/mol. The second-order valence-electron chi connectivity index (χ2n) is 2.43. The van der Waals surface area contributed by atoms with Gasteiger partial charge in [-0.25, -0.2) is 0 Å². The Bertz CT molecular complexity index is 294. The molecular formula is C7H9N3O3. The Morgan fingerprint density at radius 1 is 1.62 bits per heavy atom. The number of amides is 1. The molecule has 0 fully saturated rings. The topological polar surface area (TPSA) is 95.1 Å². The highest BCUT2D eigenvalue weighted by atomic mass is 16.4. The fraction of sp³-hybridized carbons (Fsp3) is 0.286. The molecule has 0 aliphatic heterocycles. The molecule has 70 valence electrons. The molecule has 0 saturated carbocycles. The van der Waals surface area contributed by atoms with Gasteiger partial charge in [-0.3, -0.25) is 14.7 Å². The van der Waals surface area contributed by atoms with Crippen LogP contribution in [0.5, 0.6) is 0 Å². The van der Waals surface area contributed by atoms with Crippen LogP contribution in [0.3, 0.4) is 0 Å². The van der Waals surface area contributed by atoms with Crippen molar-refractivity contribution in [3.63, 3.8) is 0 Å². The van der Waals surface area contributed by atoms with E-state index in [4.69, 9.17) is 5.11 Å². The molecule has 6 nitrogen and oxygen atoms in total. The molecule has 13 heavy (non-hydrogen) atoms. The van der Waals surface area contributed by atoms with Crippen molar-refractivity contribution in [2.24, 2.45) is 0 Å². The van der Waals surface area contributed by atoms with Crippen molar-refractivity contribution in [2.45, 2.75) is 13.0 Å². The van der Waals surface area contributed by atoms with Crippen LogP contribution < -0.4 is 5.32 Å². The molecule has 1 aromatic rings. The van der Waals surface area contributed by atoms with Crippen LogP contribution in [0.15, 0.2) is 12.3 Å². The number of carboxylic acids is 1. The lowest BCUT2D eigenvalue weighted by atomic mass is 10.4. The molecule has 0 radical (unpaired) electrons. The molecule has 1 amide bonds. The summed E-state index contributed by atoms with van der Waals surface area (Å²) in [7, 11) is 0. The van der Waals surface area contributed by atoms with Gasteiger partial charge in [0.2, 0.25) is 5.91 Å². The second kappa shape index (κ2) is 4.24. The highest BCUT2D eigenvalue weighted by Crippen LogP contribution is 1.90. The first-order valence-corrected chi connectivity index (χ1v) is 3.65. The molecule has 0 unspecified atom stereocenters. The maximum Gasteiger partial charge on any atom is 0.312 e. The van der Waals surface area contributed by atoms with Gasteiger partial charge >= 0.3 is 5.97 Å². The van der Waals surface area contributed by atoms with E-state index >= 15 is 0 Å². The average Bonchev–Trinajstić information content (AvgIpc) is 2.51. The van der Waals surface area contributed by atoms with E-state index in [9.17, 15) is 9.59 Å². The van der Waals surface area contributed by atoms with Crippen LogP contribution >= 0.6 is 0 Å². The van der Waals surface area contributed by atoms with E-state index in [0.29, 0.717) is 0 Å². The molecule has 0 saturated heterocycles. The molecule has 0 aromatic carbocycles. The molecule has 6 heteroatoms. The van der Waals surface area contributed by atoms with Crippen LogP contribution in [0.1, 0.15) is 12.1 Å². The molecule has 0 aliphatic carbocycles. The summed E-state index contributed by atoms with van der Waals surface area (Å²) in [5.74, 6) is -1.65. The lowest BCUT2D eigenvalue weighted by Gasteiger charge is -1.99. The third-order valence-electron chi connectivity index (χ3n) is 1.35. The van der Waals surface area contributed by atoms with Crippen LogP contribution in [0.2, 0.25) is 0 Å². The third-order valence-corrected chi connectivity index (χ3v) is 1.35. The molecule has 3 N–H and O–H groups in total. The van der Waals surface area contributed by atoms with Crippen LogP contribution in [0.25, 0.3) is 0 Å². The van der Waals surface area contributed by atoms with Gasteiger partial charge in [0.15, 0.2) is 0 Å². The van der Waals surface area contributed by atoms with Gasteiger partial charge in [0.25, 0.3) is 0 Å². The predicted molar refractivity (Wildman–Crippen MR) is 42.7 cm³/mol. The average molecular weight is 183 g/mol. The molecule has 1 rings (SSSR count). The zero-order valence-electron chi connectivity index (χ0n) is 6.78. The summed E-state index contributed by atoms with van der Waals surface area (Å²) in [6, 6.07) is 1.70. The maximum absolute atomic E-state index is 10.8. The number of nitrogens with zero attached hydrogens (tertiary/aromatic N) is 1. The van der Waals surface area contributed by atoms with E-state index in [1.165, 1.54) is 0 Å². The summed E-state index contributed by atoms with van der Waals surface area (Å²) >= 11 is 0. The number of hydrogen-bond donors (Lipinski definition) is 3. The number of carboxylic acid groups (broad SMARTS) is 1. The zero-order valence-corrected chi connectivity index (χ0v) is 6.78. The van der Waals surface area contributed by atoms with Gasteiger partial charge in [-0.05, 0) is 6.07 Å². The minimum Gasteiger partial charge on any atom is -0.481 e. The van der Waals surface area contributed by atoms with E-state index in [-0.39, 0.29) is 6.54 Å². The normalized spacial score (nSPS) is 9.54. The summed E-state index contributed by atoms with van der Waals surface area (Å²) in [6.45, 7) is 0.270. The first-order valence-electron chi connectivity index (χ1n) is 3.65. The van der Waals surface area contributed by atoms with Gasteiger partial charge in [-0.1, -0.05) is 0 Å². The minimum absolute atomic E-state index is 0.270. The Hall–Kier alpha value is -1.85. The van der Waals surface area contributed by atoms with Gasteiger partial charge in [0.1, 0.15) is 6.42 Å². The summed E-state index contributed by atoms with van der Waals surface area (Å²) in [4.78, 5) is 20.9. The zero-order chi connectivity index (χ0) is 9.68. The summed E-state index contributed by atoms with van der Waals surface area (Å²) < 4.78 is 0. The van der Waals surface area contributed by atoms with Crippen molar-refractivity contribution in [1.29, 1.82) is 0 Å². The Labute approximate surface area is 74.0 Å². The Morgan fingerprint density at radius 2 is 2.38 bits per heavy atom. The number of aliphatic carboxylic acids is 1. The molecule has 0 bridgehead atoms. The van der Waals surface area contributed by atoms with E-state index in [0.717, 1.165) is 5.69 Å². The van der Waals surface area contributed by atoms with Crippen molar-refractivity contribution in [1.82, 2.24) is 15.5 Å². The number of carbonyl (C=O) groups is 2. The lowest BCUT2D eigenvalue weighted by molar-refractivity contribution is -0.140. The van der Waals surface area contributed by atoms with Crippen LogP contribution in [-0.2, 0) is 16.1 Å². The standard InChI is InChI=1S/C7H9N3O3/c11-6(3-7(12)13)8-4-5-1-2-9-10-5/h1-2H,3-4H2,(H,8,11)(H,9,10)(H,12,13). The van der Waals surface area contributed by atoms with Gasteiger partial charge in [0, 0.05) is 6.20 Å². The van der Waals surface area contributed by atoms with Crippen LogP contribution in [0.4, 0.5) is 0 Å². The van der Waals surface area contributed by atoms with Gasteiger partial charge < -0.3 is 10.4 Å². The number of carbonyl (C=O) groups excluding carboxylic acids is 1. The van der Waals surface area contributed by atoms with Gasteiger partial charge in [-0.2, -0.15) is 5.10 Å². The fourth-order valence-electron chi connectivity index (χ4n) is 0.777. The number of nitrogens with one attached hydrogen (secondary N) is 2. The van der Waals surface area contributed by atoms with Crippen molar-refractivity contribution in [3.8, 4) is 0 Å². The number of H-pyrrole nitrogens is 1. The number of hydrogen-bond acceptors (Lipinski definition) is 3. The van der Waals surface area contributed by atoms with Gasteiger partial charge in [-0.15, -0.1) is 0 Å². The molecule has 1 aromatic heterocycles. The third kappa shape index (κ3) is 3.37. The highest BCUT2D eigenvalue weighted by Gasteiger charge is 2.06. The number of aromatic amines is 1. The van der Waals surface area contributed by atoms with Crippen molar-refractivity contribution < 1.29 is 14.7 Å². The van der Waals surface area contributed by atoms with Crippen molar-refractivity contribution >= 4 is 11.9 Å². The first-order chi connectivity index (χ1) is 6.18. The quantitative estimate of drug-likeness (QED) is 0.548. The highest BCUT2D eigenvalue weighted by molar-refractivity contribution is 5.93. The molecule has 0 aliphatic rings. The molecule has 0 spiro atoms. The van der Waals surface area contributed by atoms with E-state index < -0.39 is 18.3 Å². The molecule has 0 atom stereocenters. The summed E-state index contributed by atoms with van der Waals surface area (Å²) in [5, 5.41) is 17.0. The molecule has 1 heterocycles. The SMILES string of the molecule is O=C(O)CC(=O)NCc1ccn[nH]1. The van der Waals surface area contributed by atoms with Crippen molar-refractivity contribution in [2.75, 3.05) is 0 Å². The maximum atomic E-state index is 10.8. The number of rotatable bonds is 4. The van der Waals surface area contributed by atoms with E-state index in [2.05, 4.69) is 15.5 Å². The Morgan fingerprint density at radius 3 is 2.92 bits per heavy atom. The summed E-state index contributed by atoms with van der Waals surface area (Å²) in [6.07, 6.45) is 1.05. The Balaban J connectivity index is 2.27. The lowest BCUT2D eigenvalue weighted by Crippen LogP contribution is -2.25. The fourth-order valence-corrected chi connectivity index (χ4v) is 0.777. The Kier molecular flexibility index (Phi) is 3.02. The van der Waals surface area contributed by atoms with E-state index in [1.54, 1.807) is 12.3 Å².